The van der Waals surface area contributed by atoms with E-state index in [-0.39, 0.29) is 37.9 Å². The Bertz CT molecular complexity index is 584. The maximum atomic E-state index is 12.5. The predicted octanol–water partition coefficient (Wildman–Crippen LogP) is -0.923. The van der Waals surface area contributed by atoms with Crippen LogP contribution in [0.1, 0.15) is 20.3 Å². The van der Waals surface area contributed by atoms with Gasteiger partial charge in [-0.2, -0.15) is 0 Å². The Morgan fingerprint density at radius 1 is 0.613 bits per heavy atom. The number of carboxylic acids is 3. The smallest absolute Gasteiger partial charge is 0.317 e. The summed E-state index contributed by atoms with van der Waals surface area (Å²) in [6.45, 7) is 6.74. The van der Waals surface area contributed by atoms with Crippen molar-refractivity contribution in [2.75, 3.05) is 78.5 Å². The van der Waals surface area contributed by atoms with Crippen molar-refractivity contribution >= 4 is 23.7 Å². The quantitative estimate of drug-likeness (QED) is 0.385. The minimum absolute atomic E-state index is 0.0730. The zero-order valence-corrected chi connectivity index (χ0v) is 18.5. The van der Waals surface area contributed by atoms with Crippen molar-refractivity contribution in [1.82, 2.24) is 19.6 Å². The van der Waals surface area contributed by atoms with Crippen molar-refractivity contribution < 1.29 is 34.5 Å². The van der Waals surface area contributed by atoms with Gasteiger partial charge in [0.2, 0.25) is 0 Å². The standard InChI is InChI=1S/C20H36N4O7/c1-3-16(2)17(25)12-21-4-6-22(13-18(26)27)8-10-24(15-20(30)31)11-9-23(7-5-21)14-19(28)29/h16H,3-15H2,1-2H3,(H,26,27)(H,28,29)(H,30,31). The first-order valence-electron chi connectivity index (χ1n) is 10.7. The molecule has 0 saturated carbocycles. The highest BCUT2D eigenvalue weighted by molar-refractivity contribution is 5.82. The van der Waals surface area contributed by atoms with Crippen LogP contribution in [0.4, 0.5) is 0 Å². The summed E-state index contributed by atoms with van der Waals surface area (Å²) < 4.78 is 0. The lowest BCUT2D eigenvalue weighted by Gasteiger charge is -2.33. The fraction of sp³-hybridized carbons (Fsp3) is 0.800. The molecular formula is C20H36N4O7. The molecule has 1 aliphatic rings. The number of nitrogens with zero attached hydrogens (tertiary/aromatic N) is 4. The Labute approximate surface area is 183 Å². The van der Waals surface area contributed by atoms with Crippen LogP contribution in [0.2, 0.25) is 0 Å². The highest BCUT2D eigenvalue weighted by Crippen LogP contribution is 2.06. The second kappa shape index (κ2) is 14.1. The summed E-state index contributed by atoms with van der Waals surface area (Å²) in [4.78, 5) is 53.3. The Morgan fingerprint density at radius 2 is 0.871 bits per heavy atom. The molecule has 1 atom stereocenters. The maximum absolute atomic E-state index is 12.5. The van der Waals surface area contributed by atoms with Gasteiger partial charge in [-0.15, -0.1) is 0 Å². The van der Waals surface area contributed by atoms with E-state index in [9.17, 15) is 29.4 Å². The Balaban J connectivity index is 2.96. The number of rotatable bonds is 10. The molecule has 178 valence electrons. The lowest BCUT2D eigenvalue weighted by molar-refractivity contribution is -0.140. The van der Waals surface area contributed by atoms with E-state index < -0.39 is 17.9 Å². The van der Waals surface area contributed by atoms with Gasteiger partial charge in [-0.05, 0) is 6.42 Å². The van der Waals surface area contributed by atoms with E-state index in [0.29, 0.717) is 52.4 Å². The first-order valence-corrected chi connectivity index (χ1v) is 10.7. The van der Waals surface area contributed by atoms with Gasteiger partial charge in [0.05, 0.1) is 26.2 Å². The Kier molecular flexibility index (Phi) is 12.2. The molecule has 0 aliphatic carbocycles. The normalized spacial score (nSPS) is 19.8. The second-order valence-corrected chi connectivity index (χ2v) is 8.06. The van der Waals surface area contributed by atoms with Gasteiger partial charge >= 0.3 is 17.9 Å². The van der Waals surface area contributed by atoms with Gasteiger partial charge in [0.25, 0.3) is 0 Å². The lowest BCUT2D eigenvalue weighted by Crippen LogP contribution is -2.49. The summed E-state index contributed by atoms with van der Waals surface area (Å²) >= 11 is 0. The molecule has 0 bridgehead atoms. The van der Waals surface area contributed by atoms with E-state index in [1.54, 1.807) is 14.7 Å². The molecule has 0 amide bonds. The van der Waals surface area contributed by atoms with Crippen molar-refractivity contribution in [2.45, 2.75) is 20.3 Å². The van der Waals surface area contributed by atoms with E-state index in [1.165, 1.54) is 0 Å². The third-order valence-electron chi connectivity index (χ3n) is 5.55. The maximum Gasteiger partial charge on any atom is 0.317 e. The molecule has 1 fully saturated rings. The third-order valence-corrected chi connectivity index (χ3v) is 5.55. The average molecular weight is 445 g/mol. The van der Waals surface area contributed by atoms with E-state index in [1.807, 2.05) is 18.7 Å². The van der Waals surface area contributed by atoms with E-state index in [4.69, 9.17) is 5.11 Å². The number of hydrogen-bond donors (Lipinski definition) is 3. The summed E-state index contributed by atoms with van der Waals surface area (Å²) in [6.07, 6.45) is 0.738. The number of Topliss-reactive ketones (excluding diaryl/α,β-unsaturated/α-hetero) is 1. The first kappa shape index (κ1) is 27.0. The molecule has 1 saturated heterocycles. The van der Waals surface area contributed by atoms with Gasteiger partial charge in [-0.3, -0.25) is 38.8 Å². The molecule has 31 heavy (non-hydrogen) atoms. The van der Waals surface area contributed by atoms with E-state index in [0.717, 1.165) is 6.42 Å². The zero-order chi connectivity index (χ0) is 23.4. The van der Waals surface area contributed by atoms with Crippen molar-refractivity contribution in [1.29, 1.82) is 0 Å². The van der Waals surface area contributed by atoms with Gasteiger partial charge in [0.15, 0.2) is 0 Å². The highest BCUT2D eigenvalue weighted by atomic mass is 16.4. The van der Waals surface area contributed by atoms with Crippen molar-refractivity contribution in [3.63, 3.8) is 0 Å². The second-order valence-electron chi connectivity index (χ2n) is 8.06. The number of carbonyl (C=O) groups is 4. The van der Waals surface area contributed by atoms with Crippen LogP contribution in [-0.4, -0.2) is 137 Å². The van der Waals surface area contributed by atoms with Gasteiger partial charge in [-0.1, -0.05) is 13.8 Å². The molecule has 1 aliphatic heterocycles. The minimum Gasteiger partial charge on any atom is -0.480 e. The van der Waals surface area contributed by atoms with Gasteiger partial charge < -0.3 is 15.3 Å². The van der Waals surface area contributed by atoms with Gasteiger partial charge in [0.1, 0.15) is 5.78 Å². The van der Waals surface area contributed by atoms with Crippen LogP contribution >= 0.6 is 0 Å². The van der Waals surface area contributed by atoms with Crippen LogP contribution in [-0.2, 0) is 19.2 Å². The first-order chi connectivity index (χ1) is 14.6. The van der Waals surface area contributed by atoms with Gasteiger partial charge in [-0.25, -0.2) is 0 Å². The third kappa shape index (κ3) is 11.8. The Morgan fingerprint density at radius 3 is 1.10 bits per heavy atom. The molecule has 0 aromatic heterocycles. The molecular weight excluding hydrogens is 408 g/mol. The predicted molar refractivity (Wildman–Crippen MR) is 113 cm³/mol. The van der Waals surface area contributed by atoms with Crippen molar-refractivity contribution in [3.05, 3.63) is 0 Å². The summed E-state index contributed by atoms with van der Waals surface area (Å²) in [6, 6.07) is 0. The summed E-state index contributed by atoms with van der Waals surface area (Å²) in [5.41, 5.74) is 0. The van der Waals surface area contributed by atoms with Crippen LogP contribution in [0, 0.1) is 5.92 Å². The summed E-state index contributed by atoms with van der Waals surface area (Å²) in [7, 11) is 0. The number of carbonyl (C=O) groups excluding carboxylic acids is 1. The molecule has 3 N–H and O–H groups in total. The number of ketones is 1. The van der Waals surface area contributed by atoms with Crippen LogP contribution in [0.3, 0.4) is 0 Å². The number of hydrogen-bond acceptors (Lipinski definition) is 8. The minimum atomic E-state index is -0.989. The molecule has 1 unspecified atom stereocenters. The molecule has 0 aromatic carbocycles. The van der Waals surface area contributed by atoms with Crippen LogP contribution in [0.5, 0.6) is 0 Å². The van der Waals surface area contributed by atoms with Crippen LogP contribution < -0.4 is 0 Å². The SMILES string of the molecule is CCC(C)C(=O)CN1CCN(CC(=O)O)CCN(CC(=O)O)CCN(CC(=O)O)CC1. The molecule has 1 rings (SSSR count). The molecule has 0 spiro atoms. The van der Waals surface area contributed by atoms with E-state index >= 15 is 0 Å². The molecule has 1 heterocycles. The van der Waals surface area contributed by atoms with Gasteiger partial charge in [0, 0.05) is 58.3 Å². The zero-order valence-electron chi connectivity index (χ0n) is 18.5. The molecule has 0 radical (unpaired) electrons. The molecule has 11 heteroatoms. The summed E-state index contributed by atoms with van der Waals surface area (Å²) in [5, 5.41) is 27.6. The van der Waals surface area contributed by atoms with Crippen LogP contribution in [0.15, 0.2) is 0 Å². The molecule has 11 nitrogen and oxygen atoms in total. The average Bonchev–Trinajstić information content (AvgIpc) is 2.67. The fourth-order valence-electron chi connectivity index (χ4n) is 3.39. The number of aliphatic carboxylic acids is 3. The fourth-order valence-corrected chi connectivity index (χ4v) is 3.39. The monoisotopic (exact) mass is 444 g/mol. The van der Waals surface area contributed by atoms with Crippen molar-refractivity contribution in [3.8, 4) is 0 Å². The molecule has 0 aromatic rings. The highest BCUT2D eigenvalue weighted by Gasteiger charge is 2.22. The topological polar surface area (TPSA) is 142 Å². The summed E-state index contributed by atoms with van der Waals surface area (Å²) in [5.74, 6) is -2.89. The Hall–Kier alpha value is -2.08. The number of carboxylic acid groups (broad SMARTS) is 3. The van der Waals surface area contributed by atoms with Crippen molar-refractivity contribution in [2.24, 2.45) is 5.92 Å². The van der Waals surface area contributed by atoms with E-state index in [2.05, 4.69) is 0 Å². The lowest BCUT2D eigenvalue weighted by atomic mass is 10.0. The van der Waals surface area contributed by atoms with Crippen LogP contribution in [0.25, 0.3) is 0 Å². The largest absolute Gasteiger partial charge is 0.480 e.